The summed E-state index contributed by atoms with van der Waals surface area (Å²) in [6.45, 7) is 2.96. The van der Waals surface area contributed by atoms with Gasteiger partial charge in [-0.15, -0.1) is 0 Å². The molecule has 6 heteroatoms. The second kappa shape index (κ2) is 6.80. The van der Waals surface area contributed by atoms with Gasteiger partial charge in [0.2, 0.25) is 0 Å². The molecule has 5 nitrogen and oxygen atoms in total. The van der Waals surface area contributed by atoms with E-state index in [2.05, 4.69) is 28.9 Å². The molecule has 1 amide bonds. The van der Waals surface area contributed by atoms with Crippen LogP contribution < -0.4 is 5.32 Å². The molecule has 0 unspecified atom stereocenters. The lowest BCUT2D eigenvalue weighted by Crippen LogP contribution is -2.12. The van der Waals surface area contributed by atoms with E-state index < -0.39 is 9.84 Å². The molecule has 0 saturated heterocycles. The van der Waals surface area contributed by atoms with E-state index in [1.54, 1.807) is 12.1 Å². The Morgan fingerprint density at radius 3 is 2.43 bits per heavy atom. The fourth-order valence-corrected chi connectivity index (χ4v) is 4.21. The molecule has 0 spiro atoms. The molecule has 0 atom stereocenters. The molecule has 142 valence electrons. The maximum atomic E-state index is 12.6. The molecule has 1 aromatic heterocycles. The Labute approximate surface area is 163 Å². The van der Waals surface area contributed by atoms with E-state index in [0.717, 1.165) is 34.6 Å². The lowest BCUT2D eigenvalue weighted by molar-refractivity contribution is 0.102. The minimum Gasteiger partial charge on any atom is -0.341 e. The number of carbonyl (C=O) groups is 1. The van der Waals surface area contributed by atoms with Crippen molar-refractivity contribution in [2.24, 2.45) is 0 Å². The van der Waals surface area contributed by atoms with Gasteiger partial charge in [-0.3, -0.25) is 4.79 Å². The van der Waals surface area contributed by atoms with Gasteiger partial charge in [0.25, 0.3) is 5.91 Å². The molecule has 1 heterocycles. The number of para-hydroxylation sites is 1. The van der Waals surface area contributed by atoms with Gasteiger partial charge < -0.3 is 9.88 Å². The Hall–Kier alpha value is -3.12. The molecule has 28 heavy (non-hydrogen) atoms. The number of aromatic nitrogens is 1. The Bertz CT molecular complexity index is 1320. The smallest absolute Gasteiger partial charge is 0.255 e. The molecule has 0 aliphatic rings. The maximum absolute atomic E-state index is 12.6. The normalized spacial score (nSPS) is 11.8. The van der Waals surface area contributed by atoms with Gasteiger partial charge in [-0.05, 0) is 49.4 Å². The first-order valence-corrected chi connectivity index (χ1v) is 10.9. The number of nitrogens with zero attached hydrogens (tertiary/aromatic N) is 1. The largest absolute Gasteiger partial charge is 0.341 e. The van der Waals surface area contributed by atoms with Crippen LogP contribution in [0.4, 0.5) is 5.69 Å². The highest BCUT2D eigenvalue weighted by atomic mass is 32.2. The number of benzene rings is 3. The minimum atomic E-state index is -3.37. The lowest BCUT2D eigenvalue weighted by Gasteiger charge is -2.08. The molecule has 4 rings (SSSR count). The Morgan fingerprint density at radius 1 is 0.929 bits per heavy atom. The van der Waals surface area contributed by atoms with E-state index >= 15 is 0 Å². The van der Waals surface area contributed by atoms with Gasteiger partial charge in [-0.2, -0.15) is 0 Å². The monoisotopic (exact) mass is 392 g/mol. The van der Waals surface area contributed by atoms with Crippen molar-refractivity contribution in [3.63, 3.8) is 0 Å². The minimum absolute atomic E-state index is 0.126. The summed E-state index contributed by atoms with van der Waals surface area (Å²) in [6, 6.07) is 20.1. The van der Waals surface area contributed by atoms with Gasteiger partial charge >= 0.3 is 0 Å². The first-order valence-electron chi connectivity index (χ1n) is 9.01. The fourth-order valence-electron chi connectivity index (χ4n) is 3.54. The molecule has 0 aliphatic heterocycles. The van der Waals surface area contributed by atoms with E-state index in [-0.39, 0.29) is 10.8 Å². The van der Waals surface area contributed by atoms with Crippen molar-refractivity contribution < 1.29 is 13.2 Å². The molecule has 0 fully saturated rings. The van der Waals surface area contributed by atoms with Gasteiger partial charge in [0, 0.05) is 45.9 Å². The summed E-state index contributed by atoms with van der Waals surface area (Å²) in [4.78, 5) is 12.8. The zero-order chi connectivity index (χ0) is 19.9. The van der Waals surface area contributed by atoms with Gasteiger partial charge in [0.1, 0.15) is 0 Å². The van der Waals surface area contributed by atoms with Gasteiger partial charge in [-0.1, -0.05) is 24.3 Å². The van der Waals surface area contributed by atoms with Crippen molar-refractivity contribution in [1.29, 1.82) is 0 Å². The average Bonchev–Trinajstić information content (AvgIpc) is 3.00. The highest BCUT2D eigenvalue weighted by molar-refractivity contribution is 7.90. The highest BCUT2D eigenvalue weighted by Crippen LogP contribution is 2.31. The Kier molecular flexibility index (Phi) is 4.43. The van der Waals surface area contributed by atoms with Crippen LogP contribution in [-0.4, -0.2) is 25.1 Å². The van der Waals surface area contributed by atoms with Crippen LogP contribution in [0.3, 0.4) is 0 Å². The van der Waals surface area contributed by atoms with E-state index in [1.807, 2.05) is 30.3 Å². The summed E-state index contributed by atoms with van der Waals surface area (Å²) in [5, 5.41) is 5.08. The Balaban J connectivity index is 1.73. The molecular weight excluding hydrogens is 372 g/mol. The SMILES string of the molecule is CCn1c2ccccc2c2cc(NC(=O)c3cccc(S(C)(=O)=O)c3)ccc21. The van der Waals surface area contributed by atoms with Gasteiger partial charge in [0.05, 0.1) is 4.90 Å². The summed E-state index contributed by atoms with van der Waals surface area (Å²) >= 11 is 0. The standard InChI is InChI=1S/C22H20N2O3S/c1-3-24-20-10-5-4-9-18(20)19-14-16(11-12-21(19)24)23-22(25)15-7-6-8-17(13-15)28(2,26)27/h4-14H,3H2,1-2H3,(H,23,25). The number of anilines is 1. The summed E-state index contributed by atoms with van der Waals surface area (Å²) in [5.41, 5.74) is 3.24. The van der Waals surface area contributed by atoms with E-state index in [4.69, 9.17) is 0 Å². The zero-order valence-electron chi connectivity index (χ0n) is 15.6. The number of hydrogen-bond donors (Lipinski definition) is 1. The number of rotatable bonds is 4. The number of carbonyl (C=O) groups excluding carboxylic acids is 1. The lowest BCUT2D eigenvalue weighted by atomic mass is 10.1. The van der Waals surface area contributed by atoms with Crippen LogP contribution in [0.1, 0.15) is 17.3 Å². The Morgan fingerprint density at radius 2 is 1.68 bits per heavy atom. The van der Waals surface area contributed by atoms with Gasteiger partial charge in [-0.25, -0.2) is 8.42 Å². The molecule has 4 aromatic rings. The van der Waals surface area contributed by atoms with Crippen LogP contribution >= 0.6 is 0 Å². The molecule has 0 bridgehead atoms. The molecule has 0 aliphatic carbocycles. The molecule has 0 radical (unpaired) electrons. The van der Waals surface area contributed by atoms with Crippen LogP contribution in [0.15, 0.2) is 71.6 Å². The van der Waals surface area contributed by atoms with Crippen molar-refractivity contribution in [2.75, 3.05) is 11.6 Å². The van der Waals surface area contributed by atoms with Crippen molar-refractivity contribution in [3.05, 3.63) is 72.3 Å². The highest BCUT2D eigenvalue weighted by Gasteiger charge is 2.14. The predicted molar refractivity (Wildman–Crippen MR) is 113 cm³/mol. The zero-order valence-corrected chi connectivity index (χ0v) is 16.5. The molecule has 1 N–H and O–H groups in total. The molecule has 0 saturated carbocycles. The summed E-state index contributed by atoms with van der Waals surface area (Å²) in [6.07, 6.45) is 1.13. The van der Waals surface area contributed by atoms with Crippen LogP contribution in [0, 0.1) is 0 Å². The summed E-state index contributed by atoms with van der Waals surface area (Å²) in [7, 11) is -3.37. The van der Waals surface area contributed by atoms with Crippen molar-refractivity contribution in [1.82, 2.24) is 4.57 Å². The number of fused-ring (bicyclic) bond motifs is 3. The quantitative estimate of drug-likeness (QED) is 0.557. The second-order valence-electron chi connectivity index (χ2n) is 6.75. The third-order valence-corrected chi connectivity index (χ3v) is 5.98. The number of nitrogens with one attached hydrogen (secondary N) is 1. The topological polar surface area (TPSA) is 68.2 Å². The number of amides is 1. The van der Waals surface area contributed by atoms with Crippen LogP contribution in [0.2, 0.25) is 0 Å². The fraction of sp³-hybridized carbons (Fsp3) is 0.136. The number of hydrogen-bond acceptors (Lipinski definition) is 3. The summed E-state index contributed by atoms with van der Waals surface area (Å²) < 4.78 is 25.7. The molecular formula is C22H20N2O3S. The second-order valence-corrected chi connectivity index (χ2v) is 8.76. The average molecular weight is 392 g/mol. The van der Waals surface area contributed by atoms with Crippen LogP contribution in [0.25, 0.3) is 21.8 Å². The van der Waals surface area contributed by atoms with E-state index in [1.165, 1.54) is 12.1 Å². The van der Waals surface area contributed by atoms with E-state index in [9.17, 15) is 13.2 Å². The summed E-state index contributed by atoms with van der Waals surface area (Å²) in [5.74, 6) is -0.343. The van der Waals surface area contributed by atoms with Crippen molar-refractivity contribution >= 4 is 43.2 Å². The third-order valence-electron chi connectivity index (χ3n) is 4.87. The third kappa shape index (κ3) is 3.16. The van der Waals surface area contributed by atoms with Crippen LogP contribution in [-0.2, 0) is 16.4 Å². The van der Waals surface area contributed by atoms with Crippen molar-refractivity contribution in [3.8, 4) is 0 Å². The molecule has 3 aromatic carbocycles. The first kappa shape index (κ1) is 18.3. The number of sulfone groups is 1. The van der Waals surface area contributed by atoms with Crippen molar-refractivity contribution in [2.45, 2.75) is 18.4 Å². The van der Waals surface area contributed by atoms with Crippen LogP contribution in [0.5, 0.6) is 0 Å². The first-order chi connectivity index (χ1) is 13.4. The van der Waals surface area contributed by atoms with E-state index in [0.29, 0.717) is 11.3 Å². The predicted octanol–water partition coefficient (Wildman–Crippen LogP) is 4.47. The number of aryl methyl sites for hydroxylation is 1. The van der Waals surface area contributed by atoms with Gasteiger partial charge in [0.15, 0.2) is 9.84 Å². The maximum Gasteiger partial charge on any atom is 0.255 e.